The molecule has 1 aromatic carbocycles. The number of nitrogens with zero attached hydrogens (tertiary/aromatic N) is 2. The van der Waals surface area contributed by atoms with Gasteiger partial charge in [0.15, 0.2) is 0 Å². The van der Waals surface area contributed by atoms with E-state index < -0.39 is 0 Å². The van der Waals surface area contributed by atoms with Gasteiger partial charge in [-0.3, -0.25) is 14.6 Å². The normalized spacial score (nSPS) is 24.4. The molecular formula is C21H33Cl2N3O3. The molecule has 1 atom stereocenters. The number of piperazine rings is 1. The van der Waals surface area contributed by atoms with Crippen LogP contribution in [0.3, 0.4) is 0 Å². The summed E-state index contributed by atoms with van der Waals surface area (Å²) in [6.45, 7) is 7.88. The number of rotatable bonds is 5. The Balaban J connectivity index is 0.00000150. The summed E-state index contributed by atoms with van der Waals surface area (Å²) in [7, 11) is 1.71. The van der Waals surface area contributed by atoms with Crippen LogP contribution in [0.5, 0.6) is 5.75 Å². The summed E-state index contributed by atoms with van der Waals surface area (Å²) >= 11 is 0. The van der Waals surface area contributed by atoms with Gasteiger partial charge in [0.1, 0.15) is 11.9 Å². The number of nitrogens with one attached hydrogen (secondary N) is 1. The van der Waals surface area contributed by atoms with Gasteiger partial charge in [0.05, 0.1) is 12.5 Å². The lowest BCUT2D eigenvalue weighted by Gasteiger charge is -2.35. The molecule has 4 rings (SSSR count). The highest BCUT2D eigenvalue weighted by atomic mass is 35.5. The molecule has 29 heavy (non-hydrogen) atoms. The van der Waals surface area contributed by atoms with Crippen LogP contribution in [0.2, 0.25) is 0 Å². The Kier molecular flexibility index (Phi) is 9.04. The number of cyclic esters (lactones) is 1. The number of methoxy groups -OCH3 is 1. The molecule has 3 fully saturated rings. The van der Waals surface area contributed by atoms with Crippen molar-refractivity contribution >= 4 is 30.8 Å². The minimum Gasteiger partial charge on any atom is -0.497 e. The van der Waals surface area contributed by atoms with Crippen molar-refractivity contribution in [2.45, 2.75) is 31.9 Å². The van der Waals surface area contributed by atoms with Crippen LogP contribution in [0.1, 0.15) is 24.8 Å². The van der Waals surface area contributed by atoms with Crippen LogP contribution in [-0.4, -0.2) is 74.8 Å². The molecule has 164 valence electrons. The first-order valence-electron chi connectivity index (χ1n) is 10.2. The van der Waals surface area contributed by atoms with E-state index in [4.69, 9.17) is 9.47 Å². The van der Waals surface area contributed by atoms with Crippen molar-refractivity contribution in [3.8, 4) is 5.75 Å². The van der Waals surface area contributed by atoms with E-state index in [1.807, 2.05) is 6.07 Å². The van der Waals surface area contributed by atoms with Crippen molar-refractivity contribution in [2.75, 3.05) is 52.9 Å². The third-order valence-corrected chi connectivity index (χ3v) is 6.35. The Hall–Kier alpha value is -1.05. The summed E-state index contributed by atoms with van der Waals surface area (Å²) in [5.41, 5.74) is 1.09. The summed E-state index contributed by atoms with van der Waals surface area (Å²) < 4.78 is 11.1. The number of hydrogen-bond acceptors (Lipinski definition) is 6. The Labute approximate surface area is 186 Å². The number of hydrogen-bond donors (Lipinski definition) is 1. The number of benzene rings is 1. The highest BCUT2D eigenvalue weighted by Crippen LogP contribution is 2.41. The lowest BCUT2D eigenvalue weighted by Crippen LogP contribution is -2.48. The van der Waals surface area contributed by atoms with Gasteiger partial charge in [-0.25, -0.2) is 0 Å². The first-order valence-corrected chi connectivity index (χ1v) is 10.2. The van der Waals surface area contributed by atoms with Crippen molar-refractivity contribution in [1.29, 1.82) is 0 Å². The molecule has 3 aliphatic rings. The second-order valence-corrected chi connectivity index (χ2v) is 8.19. The highest BCUT2D eigenvalue weighted by molar-refractivity contribution is 5.85. The summed E-state index contributed by atoms with van der Waals surface area (Å²) in [5, 5.41) is 3.35. The predicted molar refractivity (Wildman–Crippen MR) is 118 cm³/mol. The van der Waals surface area contributed by atoms with Gasteiger partial charge in [-0.1, -0.05) is 12.1 Å². The van der Waals surface area contributed by atoms with Crippen LogP contribution >= 0.6 is 24.8 Å². The number of carbonyl (C=O) groups excluding carboxylic acids is 1. The largest absolute Gasteiger partial charge is 0.497 e. The molecule has 0 bridgehead atoms. The lowest BCUT2D eigenvalue weighted by molar-refractivity contribution is -0.150. The second kappa shape index (κ2) is 10.8. The molecule has 1 N–H and O–H groups in total. The third-order valence-electron chi connectivity index (χ3n) is 6.35. The van der Waals surface area contributed by atoms with Crippen LogP contribution in [0.4, 0.5) is 0 Å². The fourth-order valence-corrected chi connectivity index (χ4v) is 4.70. The van der Waals surface area contributed by atoms with E-state index in [0.29, 0.717) is 0 Å². The highest BCUT2D eigenvalue weighted by Gasteiger charge is 2.49. The number of halogens is 2. The Bertz CT molecular complexity index is 662. The van der Waals surface area contributed by atoms with Gasteiger partial charge in [0, 0.05) is 45.7 Å². The molecule has 0 radical (unpaired) electrons. The van der Waals surface area contributed by atoms with Gasteiger partial charge in [0.2, 0.25) is 0 Å². The van der Waals surface area contributed by atoms with E-state index >= 15 is 0 Å². The number of piperidine rings is 1. The summed E-state index contributed by atoms with van der Waals surface area (Å²) in [6.07, 6.45) is 2.82. The van der Waals surface area contributed by atoms with Crippen LogP contribution in [0.25, 0.3) is 0 Å². The minimum absolute atomic E-state index is 0. The van der Waals surface area contributed by atoms with Crippen molar-refractivity contribution in [2.24, 2.45) is 5.41 Å². The van der Waals surface area contributed by atoms with Crippen molar-refractivity contribution in [3.63, 3.8) is 0 Å². The molecule has 0 amide bonds. The number of esters is 1. The molecule has 6 nitrogen and oxygen atoms in total. The van der Waals surface area contributed by atoms with Crippen molar-refractivity contribution in [1.82, 2.24) is 15.1 Å². The van der Waals surface area contributed by atoms with Crippen molar-refractivity contribution < 1.29 is 14.3 Å². The predicted octanol–water partition coefficient (Wildman–Crippen LogP) is 2.34. The van der Waals surface area contributed by atoms with Crippen LogP contribution in [0.15, 0.2) is 24.3 Å². The second-order valence-electron chi connectivity index (χ2n) is 8.19. The maximum absolute atomic E-state index is 12.4. The summed E-state index contributed by atoms with van der Waals surface area (Å²) in [6, 6.07) is 8.31. The average Bonchev–Trinajstić information content (AvgIpc) is 2.98. The lowest BCUT2D eigenvalue weighted by atomic mass is 9.76. The van der Waals surface area contributed by atoms with Crippen LogP contribution in [-0.2, 0) is 16.1 Å². The first kappa shape index (κ1) is 24.2. The fraction of sp³-hybridized carbons (Fsp3) is 0.667. The minimum atomic E-state index is -0.204. The monoisotopic (exact) mass is 445 g/mol. The average molecular weight is 446 g/mol. The maximum Gasteiger partial charge on any atom is 0.312 e. The molecule has 3 heterocycles. The smallest absolute Gasteiger partial charge is 0.312 e. The standard InChI is InChI=1S/C21H31N3O3.2ClH/c1-26-18-4-2-3-17(13-18)15-23-9-11-24(12-10-23)16-19-14-21(20(25)27-19)5-7-22-8-6-21;;/h2-4,13,19,22H,5-12,14-16H2,1H3;2*1H. The molecule has 3 aliphatic heterocycles. The number of ether oxygens (including phenoxy) is 2. The zero-order chi connectivity index (χ0) is 18.7. The van der Waals surface area contributed by atoms with Gasteiger partial charge in [0.25, 0.3) is 0 Å². The van der Waals surface area contributed by atoms with E-state index in [0.717, 1.165) is 77.4 Å². The van der Waals surface area contributed by atoms with Gasteiger partial charge in [-0.2, -0.15) is 0 Å². The molecule has 3 saturated heterocycles. The molecule has 1 spiro atoms. The Morgan fingerprint density at radius 1 is 1.14 bits per heavy atom. The van der Waals surface area contributed by atoms with Crippen LogP contribution < -0.4 is 10.1 Å². The zero-order valence-corrected chi connectivity index (χ0v) is 18.7. The third kappa shape index (κ3) is 5.76. The molecule has 0 aromatic heterocycles. The maximum atomic E-state index is 12.4. The van der Waals surface area contributed by atoms with Gasteiger partial charge in [-0.15, -0.1) is 24.8 Å². The molecule has 0 aliphatic carbocycles. The van der Waals surface area contributed by atoms with Gasteiger partial charge < -0.3 is 14.8 Å². The quantitative estimate of drug-likeness (QED) is 0.701. The molecule has 1 unspecified atom stereocenters. The Morgan fingerprint density at radius 2 is 1.83 bits per heavy atom. The Morgan fingerprint density at radius 3 is 2.52 bits per heavy atom. The zero-order valence-electron chi connectivity index (χ0n) is 17.1. The van der Waals surface area contributed by atoms with Gasteiger partial charge in [-0.05, 0) is 43.6 Å². The molecular weight excluding hydrogens is 413 g/mol. The molecule has 8 heteroatoms. The van der Waals surface area contributed by atoms with Crippen molar-refractivity contribution in [3.05, 3.63) is 29.8 Å². The van der Waals surface area contributed by atoms with Crippen LogP contribution in [0, 0.1) is 5.41 Å². The van der Waals surface area contributed by atoms with E-state index in [-0.39, 0.29) is 42.3 Å². The topological polar surface area (TPSA) is 54.0 Å². The summed E-state index contributed by atoms with van der Waals surface area (Å²) in [4.78, 5) is 17.4. The fourth-order valence-electron chi connectivity index (χ4n) is 4.70. The van der Waals surface area contributed by atoms with E-state index in [2.05, 4.69) is 33.3 Å². The van der Waals surface area contributed by atoms with E-state index in [1.54, 1.807) is 7.11 Å². The first-order chi connectivity index (χ1) is 13.2. The SMILES string of the molecule is COc1cccc(CN2CCN(CC3CC4(CCNCC4)C(=O)O3)CC2)c1.Cl.Cl. The molecule has 0 saturated carbocycles. The van der Waals surface area contributed by atoms with E-state index in [1.165, 1.54) is 5.56 Å². The summed E-state index contributed by atoms with van der Waals surface area (Å²) in [5.74, 6) is 0.965. The number of carbonyl (C=O) groups is 1. The van der Waals surface area contributed by atoms with E-state index in [9.17, 15) is 4.79 Å². The van der Waals surface area contributed by atoms with Gasteiger partial charge >= 0.3 is 5.97 Å². The molecule has 1 aromatic rings.